The van der Waals surface area contributed by atoms with Gasteiger partial charge in [-0.3, -0.25) is 0 Å². The molecule has 2 atom stereocenters. The van der Waals surface area contributed by atoms with Crippen molar-refractivity contribution in [2.45, 2.75) is 84.1 Å². The maximum atomic E-state index is 6.86. The Bertz CT molecular complexity index is 250. The summed E-state index contributed by atoms with van der Waals surface area (Å²) in [6, 6.07) is 0. The second kappa shape index (κ2) is 5.94. The predicted molar refractivity (Wildman–Crippen MR) is 79.5 cm³/mol. The molecule has 106 valence electrons. The Labute approximate surface area is 114 Å². The van der Waals surface area contributed by atoms with Crippen molar-refractivity contribution in [3.8, 4) is 0 Å². The van der Waals surface area contributed by atoms with Crippen molar-refractivity contribution in [1.29, 1.82) is 0 Å². The summed E-state index contributed by atoms with van der Waals surface area (Å²) in [7, 11) is 0. The first-order valence-corrected chi connectivity index (χ1v) is 8.35. The molecule has 0 aromatic rings. The third kappa shape index (κ3) is 2.92. The SMILES string of the molecule is CCC1CCCCC1C1(N)CCC(C(C)C)CC1. The molecule has 0 bridgehead atoms. The molecule has 2 N–H and O–H groups in total. The van der Waals surface area contributed by atoms with Crippen molar-refractivity contribution >= 4 is 0 Å². The molecule has 1 nitrogen and oxygen atoms in total. The summed E-state index contributed by atoms with van der Waals surface area (Å²) in [6.07, 6.45) is 12.4. The molecule has 0 saturated heterocycles. The van der Waals surface area contributed by atoms with E-state index in [0.29, 0.717) is 0 Å². The lowest BCUT2D eigenvalue weighted by atomic mass is 9.61. The molecule has 2 aliphatic carbocycles. The zero-order valence-corrected chi connectivity index (χ0v) is 12.8. The molecule has 1 heteroatoms. The molecule has 2 fully saturated rings. The minimum Gasteiger partial charge on any atom is -0.325 e. The van der Waals surface area contributed by atoms with Crippen LogP contribution in [0.4, 0.5) is 0 Å². The molecular weight excluding hydrogens is 218 g/mol. The van der Waals surface area contributed by atoms with Crippen molar-refractivity contribution in [3.05, 3.63) is 0 Å². The van der Waals surface area contributed by atoms with Gasteiger partial charge in [0.05, 0.1) is 0 Å². The standard InChI is InChI=1S/C17H33N/c1-4-14-7-5-6-8-16(14)17(18)11-9-15(10-12-17)13(2)3/h13-16H,4-12,18H2,1-3H3. The van der Waals surface area contributed by atoms with Crippen LogP contribution in [0.1, 0.15) is 78.6 Å². The zero-order chi connectivity index (χ0) is 13.2. The normalized spacial score (nSPS) is 42.2. The molecule has 0 radical (unpaired) electrons. The highest BCUT2D eigenvalue weighted by atomic mass is 14.8. The Morgan fingerprint density at radius 3 is 2.22 bits per heavy atom. The second-order valence-electron chi connectivity index (χ2n) is 7.37. The largest absolute Gasteiger partial charge is 0.325 e. The minimum absolute atomic E-state index is 0.187. The molecule has 0 aliphatic heterocycles. The first-order valence-electron chi connectivity index (χ1n) is 8.35. The monoisotopic (exact) mass is 251 g/mol. The van der Waals surface area contributed by atoms with Crippen LogP contribution in [0.15, 0.2) is 0 Å². The molecule has 2 saturated carbocycles. The fourth-order valence-electron chi connectivity index (χ4n) is 4.67. The number of nitrogens with two attached hydrogens (primary N) is 1. The summed E-state index contributed by atoms with van der Waals surface area (Å²) in [5, 5.41) is 0. The van der Waals surface area contributed by atoms with Gasteiger partial charge in [-0.25, -0.2) is 0 Å². The van der Waals surface area contributed by atoms with E-state index < -0.39 is 0 Å². The van der Waals surface area contributed by atoms with Crippen LogP contribution >= 0.6 is 0 Å². The zero-order valence-electron chi connectivity index (χ0n) is 12.8. The van der Waals surface area contributed by atoms with E-state index in [1.54, 1.807) is 0 Å². The lowest BCUT2D eigenvalue weighted by Gasteiger charge is -2.48. The summed E-state index contributed by atoms with van der Waals surface area (Å²) in [6.45, 7) is 7.12. The molecule has 2 unspecified atom stereocenters. The minimum atomic E-state index is 0.187. The highest BCUT2D eigenvalue weighted by molar-refractivity contribution is 4.99. The number of rotatable bonds is 3. The average molecular weight is 251 g/mol. The van der Waals surface area contributed by atoms with Gasteiger partial charge in [0.25, 0.3) is 0 Å². The van der Waals surface area contributed by atoms with Crippen LogP contribution in [0.5, 0.6) is 0 Å². The molecule has 0 heterocycles. The third-order valence-electron chi connectivity index (χ3n) is 6.08. The maximum absolute atomic E-state index is 6.86. The molecule has 0 amide bonds. The van der Waals surface area contributed by atoms with Gasteiger partial charge in [0.2, 0.25) is 0 Å². The van der Waals surface area contributed by atoms with Crippen molar-refractivity contribution < 1.29 is 0 Å². The number of hydrogen-bond donors (Lipinski definition) is 1. The van der Waals surface area contributed by atoms with E-state index in [4.69, 9.17) is 5.73 Å². The van der Waals surface area contributed by atoms with Crippen molar-refractivity contribution in [2.24, 2.45) is 29.4 Å². The Morgan fingerprint density at radius 1 is 1.06 bits per heavy atom. The van der Waals surface area contributed by atoms with Gasteiger partial charge < -0.3 is 5.73 Å². The van der Waals surface area contributed by atoms with Crippen LogP contribution in [0.3, 0.4) is 0 Å². The molecular formula is C17H33N. The summed E-state index contributed by atoms with van der Waals surface area (Å²) in [4.78, 5) is 0. The maximum Gasteiger partial charge on any atom is 0.0185 e. The van der Waals surface area contributed by atoms with Crippen molar-refractivity contribution in [2.75, 3.05) is 0 Å². The van der Waals surface area contributed by atoms with Gasteiger partial charge in [-0.15, -0.1) is 0 Å². The predicted octanol–water partition coefficient (Wildman–Crippen LogP) is 4.75. The molecule has 0 spiro atoms. The van der Waals surface area contributed by atoms with Crippen molar-refractivity contribution in [1.82, 2.24) is 0 Å². The summed E-state index contributed by atoms with van der Waals surface area (Å²) >= 11 is 0. The van der Waals surface area contributed by atoms with Gasteiger partial charge in [0.15, 0.2) is 0 Å². The topological polar surface area (TPSA) is 26.0 Å². The van der Waals surface area contributed by atoms with E-state index in [1.165, 1.54) is 57.8 Å². The van der Waals surface area contributed by atoms with Gasteiger partial charge in [0, 0.05) is 5.54 Å². The second-order valence-corrected chi connectivity index (χ2v) is 7.37. The fourth-order valence-corrected chi connectivity index (χ4v) is 4.67. The van der Waals surface area contributed by atoms with Gasteiger partial charge in [-0.05, 0) is 55.8 Å². The summed E-state index contributed by atoms with van der Waals surface area (Å²) < 4.78 is 0. The average Bonchev–Trinajstić information content (AvgIpc) is 2.39. The van der Waals surface area contributed by atoms with Crippen LogP contribution in [-0.4, -0.2) is 5.54 Å². The molecule has 18 heavy (non-hydrogen) atoms. The molecule has 2 aliphatic rings. The Morgan fingerprint density at radius 2 is 1.67 bits per heavy atom. The first-order chi connectivity index (χ1) is 8.57. The van der Waals surface area contributed by atoms with Crippen molar-refractivity contribution in [3.63, 3.8) is 0 Å². The van der Waals surface area contributed by atoms with E-state index in [1.807, 2.05) is 0 Å². The quantitative estimate of drug-likeness (QED) is 0.770. The Kier molecular flexibility index (Phi) is 4.75. The summed E-state index contributed by atoms with van der Waals surface area (Å²) in [5.74, 6) is 3.52. The van der Waals surface area contributed by atoms with Crippen LogP contribution in [0.2, 0.25) is 0 Å². The van der Waals surface area contributed by atoms with Gasteiger partial charge in [0.1, 0.15) is 0 Å². The van der Waals surface area contributed by atoms with Gasteiger partial charge in [-0.1, -0.05) is 46.5 Å². The highest BCUT2D eigenvalue weighted by Crippen LogP contribution is 2.46. The van der Waals surface area contributed by atoms with Crippen LogP contribution in [0.25, 0.3) is 0 Å². The smallest absolute Gasteiger partial charge is 0.0185 e. The summed E-state index contributed by atoms with van der Waals surface area (Å²) in [5.41, 5.74) is 7.05. The first kappa shape index (κ1) is 14.4. The molecule has 0 aromatic heterocycles. The van der Waals surface area contributed by atoms with E-state index in [2.05, 4.69) is 20.8 Å². The Hall–Kier alpha value is -0.0400. The van der Waals surface area contributed by atoms with E-state index in [-0.39, 0.29) is 5.54 Å². The fraction of sp³-hybridized carbons (Fsp3) is 1.00. The lowest BCUT2D eigenvalue weighted by molar-refractivity contribution is 0.0720. The molecule has 2 rings (SSSR count). The molecule has 0 aromatic carbocycles. The van der Waals surface area contributed by atoms with E-state index >= 15 is 0 Å². The Balaban J connectivity index is 1.98. The third-order valence-corrected chi connectivity index (χ3v) is 6.08. The van der Waals surface area contributed by atoms with E-state index in [0.717, 1.165) is 23.7 Å². The van der Waals surface area contributed by atoms with E-state index in [9.17, 15) is 0 Å². The van der Waals surface area contributed by atoms with Crippen LogP contribution < -0.4 is 5.73 Å². The van der Waals surface area contributed by atoms with Gasteiger partial charge in [-0.2, -0.15) is 0 Å². The van der Waals surface area contributed by atoms with Crippen LogP contribution in [0, 0.1) is 23.7 Å². The van der Waals surface area contributed by atoms with Gasteiger partial charge >= 0.3 is 0 Å². The number of hydrogen-bond acceptors (Lipinski definition) is 1. The van der Waals surface area contributed by atoms with Crippen LogP contribution in [-0.2, 0) is 0 Å². The highest BCUT2D eigenvalue weighted by Gasteiger charge is 2.42. The lowest BCUT2D eigenvalue weighted by Crippen LogP contribution is -2.53.